The van der Waals surface area contributed by atoms with Crippen molar-refractivity contribution < 1.29 is 38.2 Å². The van der Waals surface area contributed by atoms with Crippen LogP contribution < -0.4 is 16.0 Å². The molecule has 0 radical (unpaired) electrons. The molecule has 2 saturated carbocycles. The zero-order chi connectivity index (χ0) is 26.7. The maximum Gasteiger partial charge on any atom is 0.408 e. The predicted molar refractivity (Wildman–Crippen MR) is 125 cm³/mol. The molecule has 0 bridgehead atoms. The highest BCUT2D eigenvalue weighted by Crippen LogP contribution is 2.63. The number of nitrogens with one attached hydrogen (secondary N) is 3. The first-order chi connectivity index (χ1) is 16.2. The van der Waals surface area contributed by atoms with Gasteiger partial charge in [-0.25, -0.2) is 9.59 Å². The van der Waals surface area contributed by atoms with Gasteiger partial charge in [0.1, 0.15) is 23.2 Å². The summed E-state index contributed by atoms with van der Waals surface area (Å²) in [5.74, 6) is -3.10. The Bertz CT molecular complexity index is 852. The zero-order valence-electron chi connectivity index (χ0n) is 21.9. The molecule has 0 spiro atoms. The third-order valence-electron chi connectivity index (χ3n) is 6.45. The molecule has 6 atom stereocenters. The number of carbonyl (C=O) groups is 5. The number of hydrogen-bond acceptors (Lipinski definition) is 8. The Balaban J connectivity index is 2.09. The molecule has 11 heteroatoms. The number of hydrogen-bond donors (Lipinski definition) is 3. The van der Waals surface area contributed by atoms with Crippen molar-refractivity contribution in [3.05, 3.63) is 0 Å². The first kappa shape index (κ1) is 28.4. The lowest BCUT2D eigenvalue weighted by atomic mass is 9.89. The van der Waals surface area contributed by atoms with E-state index in [1.54, 1.807) is 20.8 Å². The molecule has 3 amide bonds. The normalized spacial score (nSPS) is 26.6. The molecule has 0 saturated heterocycles. The highest BCUT2D eigenvalue weighted by molar-refractivity contribution is 5.95. The molecule has 0 aromatic rings. The Morgan fingerprint density at radius 2 is 1.60 bits per heavy atom. The van der Waals surface area contributed by atoms with Crippen molar-refractivity contribution in [1.29, 1.82) is 0 Å². The molecule has 2 fully saturated rings. The van der Waals surface area contributed by atoms with Crippen LogP contribution in [0.3, 0.4) is 0 Å². The molecule has 0 aromatic carbocycles. The smallest absolute Gasteiger partial charge is 0.408 e. The van der Waals surface area contributed by atoms with Crippen molar-refractivity contribution in [1.82, 2.24) is 16.0 Å². The first-order valence-corrected chi connectivity index (χ1v) is 11.9. The Kier molecular flexibility index (Phi) is 8.78. The van der Waals surface area contributed by atoms with Gasteiger partial charge in [0, 0.05) is 5.92 Å². The van der Waals surface area contributed by atoms with E-state index in [1.165, 1.54) is 21.1 Å². The van der Waals surface area contributed by atoms with Crippen molar-refractivity contribution in [2.45, 2.75) is 84.0 Å². The minimum Gasteiger partial charge on any atom is -0.469 e. The van der Waals surface area contributed by atoms with Crippen LogP contribution in [0, 0.1) is 23.7 Å². The summed E-state index contributed by atoms with van der Waals surface area (Å²) in [6.45, 7) is 10.4. The van der Waals surface area contributed by atoms with Crippen molar-refractivity contribution >= 4 is 29.8 Å². The predicted octanol–water partition coefficient (Wildman–Crippen LogP) is 1.29. The van der Waals surface area contributed by atoms with Crippen molar-refractivity contribution in [3.8, 4) is 0 Å². The summed E-state index contributed by atoms with van der Waals surface area (Å²) in [4.78, 5) is 63.1. The molecule has 3 N–H and O–H groups in total. The standard InChI is InChI=1S/C24H39N3O8/c1-12(2)11-15(26-22(32)35-23(4,5)6)19(29)25-13(3)18(28)27-24(21(31)34-8)10-9-14-16(17(14)24)20(30)33-7/h12-17H,9-11H2,1-8H3,(H,25,29)(H,26,32)(H,27,28)/t13-,14-,15-,16-,17-,24-/m0/s1. The van der Waals surface area contributed by atoms with E-state index in [0.717, 1.165) is 0 Å². The molecule has 35 heavy (non-hydrogen) atoms. The Morgan fingerprint density at radius 3 is 2.11 bits per heavy atom. The summed E-state index contributed by atoms with van der Waals surface area (Å²) < 4.78 is 15.1. The van der Waals surface area contributed by atoms with Crippen LogP contribution in [0.2, 0.25) is 0 Å². The molecule has 0 heterocycles. The minimum atomic E-state index is -1.36. The van der Waals surface area contributed by atoms with Gasteiger partial charge in [0.15, 0.2) is 0 Å². The van der Waals surface area contributed by atoms with Crippen LogP contribution in [0.1, 0.15) is 60.8 Å². The molecule has 0 unspecified atom stereocenters. The zero-order valence-corrected chi connectivity index (χ0v) is 21.9. The van der Waals surface area contributed by atoms with Crippen molar-refractivity contribution in [2.75, 3.05) is 14.2 Å². The van der Waals surface area contributed by atoms with E-state index in [1.807, 2.05) is 13.8 Å². The lowest BCUT2D eigenvalue weighted by Crippen LogP contribution is -2.61. The molecule has 198 valence electrons. The molecule has 11 nitrogen and oxygen atoms in total. The Morgan fingerprint density at radius 1 is 0.971 bits per heavy atom. The molecular weight excluding hydrogens is 458 g/mol. The third kappa shape index (κ3) is 6.64. The lowest BCUT2D eigenvalue weighted by Gasteiger charge is -2.32. The molecule has 0 aliphatic heterocycles. The largest absolute Gasteiger partial charge is 0.469 e. The van der Waals surface area contributed by atoms with Crippen LogP contribution in [0.15, 0.2) is 0 Å². The fourth-order valence-corrected chi connectivity index (χ4v) is 4.90. The SMILES string of the molecule is COC(=O)[C@H]1[C@@H]2CC[C@@](NC(=O)[C@H](C)NC(=O)[C@H](CC(C)C)NC(=O)OC(C)(C)C)(C(=O)OC)[C@@H]21. The number of amides is 3. The van der Waals surface area contributed by atoms with Crippen LogP contribution in [0.25, 0.3) is 0 Å². The maximum atomic E-state index is 13.1. The van der Waals surface area contributed by atoms with Crippen LogP contribution in [-0.4, -0.2) is 67.3 Å². The molecule has 2 aliphatic carbocycles. The van der Waals surface area contributed by atoms with Gasteiger partial charge in [-0.3, -0.25) is 14.4 Å². The highest BCUT2D eigenvalue weighted by atomic mass is 16.6. The van der Waals surface area contributed by atoms with Gasteiger partial charge < -0.3 is 30.2 Å². The molecule has 2 aliphatic rings. The Hall–Kier alpha value is -2.85. The fraction of sp³-hybridized carbons (Fsp3) is 0.792. The monoisotopic (exact) mass is 497 g/mol. The molecular formula is C24H39N3O8. The van der Waals surface area contributed by atoms with E-state index >= 15 is 0 Å². The molecule has 0 aromatic heterocycles. The van der Waals surface area contributed by atoms with Gasteiger partial charge in [0.05, 0.1) is 20.1 Å². The van der Waals surface area contributed by atoms with Crippen LogP contribution in [-0.2, 0) is 33.4 Å². The Labute approximate surface area is 206 Å². The molecule has 2 rings (SSSR count). The second-order valence-electron chi connectivity index (χ2n) is 10.8. The van der Waals surface area contributed by atoms with Crippen LogP contribution >= 0.6 is 0 Å². The summed E-state index contributed by atoms with van der Waals surface area (Å²) in [6, 6.07) is -1.94. The van der Waals surface area contributed by atoms with E-state index in [4.69, 9.17) is 14.2 Å². The number of fused-ring (bicyclic) bond motifs is 1. The number of methoxy groups -OCH3 is 2. The average Bonchev–Trinajstić information content (AvgIpc) is 3.37. The van der Waals surface area contributed by atoms with Crippen LogP contribution in [0.5, 0.6) is 0 Å². The van der Waals surface area contributed by atoms with Gasteiger partial charge in [-0.1, -0.05) is 13.8 Å². The number of esters is 2. The summed E-state index contributed by atoms with van der Waals surface area (Å²) in [6.07, 6.45) is 0.484. The van der Waals surface area contributed by atoms with Gasteiger partial charge >= 0.3 is 18.0 Å². The quantitative estimate of drug-likeness (QED) is 0.319. The second-order valence-corrected chi connectivity index (χ2v) is 10.8. The highest BCUT2D eigenvalue weighted by Gasteiger charge is 2.72. The summed E-state index contributed by atoms with van der Waals surface area (Å²) >= 11 is 0. The third-order valence-corrected chi connectivity index (χ3v) is 6.45. The fourth-order valence-electron chi connectivity index (χ4n) is 4.90. The summed E-state index contributed by atoms with van der Waals surface area (Å²) in [5, 5.41) is 7.93. The van der Waals surface area contributed by atoms with E-state index in [-0.39, 0.29) is 11.8 Å². The first-order valence-electron chi connectivity index (χ1n) is 11.9. The van der Waals surface area contributed by atoms with Gasteiger partial charge in [-0.2, -0.15) is 0 Å². The average molecular weight is 498 g/mol. The van der Waals surface area contributed by atoms with E-state index in [9.17, 15) is 24.0 Å². The van der Waals surface area contributed by atoms with Gasteiger partial charge in [0.2, 0.25) is 11.8 Å². The van der Waals surface area contributed by atoms with Gasteiger partial charge in [-0.15, -0.1) is 0 Å². The lowest BCUT2D eigenvalue weighted by molar-refractivity contribution is -0.153. The van der Waals surface area contributed by atoms with Gasteiger partial charge in [0.25, 0.3) is 0 Å². The van der Waals surface area contributed by atoms with E-state index in [2.05, 4.69) is 16.0 Å². The number of carbonyl (C=O) groups excluding carboxylic acids is 5. The minimum absolute atomic E-state index is 0.0693. The topological polar surface area (TPSA) is 149 Å². The van der Waals surface area contributed by atoms with E-state index in [0.29, 0.717) is 19.3 Å². The second kappa shape index (κ2) is 10.8. The number of rotatable bonds is 9. The summed E-state index contributed by atoms with van der Waals surface area (Å²) in [7, 11) is 2.51. The van der Waals surface area contributed by atoms with Crippen LogP contribution in [0.4, 0.5) is 4.79 Å². The number of ether oxygens (including phenoxy) is 3. The summed E-state index contributed by atoms with van der Waals surface area (Å²) in [5.41, 5.74) is -2.09. The number of alkyl carbamates (subject to hydrolysis) is 1. The van der Waals surface area contributed by atoms with Gasteiger partial charge in [-0.05, 0) is 58.8 Å². The van der Waals surface area contributed by atoms with Crippen molar-refractivity contribution in [3.63, 3.8) is 0 Å². The van der Waals surface area contributed by atoms with E-state index < -0.39 is 64.9 Å². The van der Waals surface area contributed by atoms with Crippen molar-refractivity contribution in [2.24, 2.45) is 23.7 Å². The maximum absolute atomic E-state index is 13.1.